The normalized spacial score (nSPS) is 15.1. The summed E-state index contributed by atoms with van der Waals surface area (Å²) in [6.07, 6.45) is 0.0762. The third-order valence-corrected chi connectivity index (χ3v) is 6.16. The van der Waals surface area contributed by atoms with Crippen molar-refractivity contribution in [2.24, 2.45) is 0 Å². The number of pyridine rings is 1. The lowest BCUT2D eigenvalue weighted by Crippen LogP contribution is -2.39. The van der Waals surface area contributed by atoms with E-state index in [1.807, 2.05) is 73.7 Å². The van der Waals surface area contributed by atoms with E-state index in [2.05, 4.69) is 0 Å². The third-order valence-electron chi connectivity index (χ3n) is 6.16. The number of benzene rings is 3. The third kappa shape index (κ3) is 3.57. The molecule has 7 nitrogen and oxygen atoms in total. The molecular weight excluding hydrogens is 430 g/mol. The molecular formula is C27H21N3O4. The standard InChI is InChI=1S/C27H21N3O4/c1-18-16-24-26(27(32)28(18)20-8-4-2-5-9-20)23(19-12-14-22(15-13-19)30(33)34)17-25(31)29(24)21-10-6-3-7-11-21/h2-16,23H,17H2,1H3. The maximum atomic E-state index is 14.0. The first-order chi connectivity index (χ1) is 16.5. The molecule has 1 unspecified atom stereocenters. The second-order valence-corrected chi connectivity index (χ2v) is 8.23. The summed E-state index contributed by atoms with van der Waals surface area (Å²) in [6.45, 7) is 1.85. The fourth-order valence-corrected chi connectivity index (χ4v) is 4.62. The highest BCUT2D eigenvalue weighted by Crippen LogP contribution is 2.42. The van der Waals surface area contributed by atoms with Crippen LogP contribution in [0.25, 0.3) is 5.69 Å². The number of aromatic nitrogens is 1. The number of hydrogen-bond acceptors (Lipinski definition) is 4. The molecule has 7 heteroatoms. The number of amides is 1. The lowest BCUT2D eigenvalue weighted by molar-refractivity contribution is -0.384. The first-order valence-electron chi connectivity index (χ1n) is 10.9. The number of carbonyl (C=O) groups excluding carboxylic acids is 1. The molecule has 0 fully saturated rings. The van der Waals surface area contributed by atoms with Crippen molar-refractivity contribution in [2.75, 3.05) is 4.90 Å². The van der Waals surface area contributed by atoms with Gasteiger partial charge in [-0.25, -0.2) is 0 Å². The molecule has 4 aromatic rings. The monoisotopic (exact) mass is 451 g/mol. The van der Waals surface area contributed by atoms with Gasteiger partial charge in [0, 0.05) is 41.5 Å². The van der Waals surface area contributed by atoms with Crippen LogP contribution in [-0.4, -0.2) is 15.4 Å². The zero-order valence-corrected chi connectivity index (χ0v) is 18.4. The molecule has 0 spiro atoms. The fraction of sp³-hybridized carbons (Fsp3) is 0.111. The molecule has 1 aliphatic rings. The van der Waals surface area contributed by atoms with Crippen molar-refractivity contribution in [1.82, 2.24) is 4.57 Å². The van der Waals surface area contributed by atoms with Crippen LogP contribution >= 0.6 is 0 Å². The van der Waals surface area contributed by atoms with Gasteiger partial charge in [0.25, 0.3) is 11.2 Å². The second kappa shape index (κ2) is 8.44. The van der Waals surface area contributed by atoms with Crippen LogP contribution in [0.3, 0.4) is 0 Å². The number of non-ortho nitro benzene ring substituents is 1. The van der Waals surface area contributed by atoms with E-state index in [0.29, 0.717) is 28.2 Å². The van der Waals surface area contributed by atoms with Crippen LogP contribution in [0.15, 0.2) is 95.8 Å². The summed E-state index contributed by atoms with van der Waals surface area (Å²) in [5, 5.41) is 11.1. The van der Waals surface area contributed by atoms with Crippen LogP contribution < -0.4 is 10.5 Å². The smallest absolute Gasteiger partial charge is 0.269 e. The molecule has 0 saturated heterocycles. The molecule has 0 radical (unpaired) electrons. The van der Waals surface area contributed by atoms with E-state index >= 15 is 0 Å². The number of aryl methyl sites for hydroxylation is 1. The SMILES string of the molecule is Cc1cc2c(c(=O)n1-c1ccccc1)C(c1ccc([N+](=O)[O-])cc1)CC(=O)N2c1ccccc1. The molecule has 0 N–H and O–H groups in total. The Morgan fingerprint density at radius 3 is 2.03 bits per heavy atom. The summed E-state index contributed by atoms with van der Waals surface area (Å²) in [4.78, 5) is 39.7. The number of carbonyl (C=O) groups is 1. The molecule has 1 atom stereocenters. The van der Waals surface area contributed by atoms with Crippen molar-refractivity contribution in [1.29, 1.82) is 0 Å². The second-order valence-electron chi connectivity index (χ2n) is 8.23. The quantitative estimate of drug-likeness (QED) is 0.313. The Morgan fingerprint density at radius 2 is 1.44 bits per heavy atom. The van der Waals surface area contributed by atoms with Crippen molar-refractivity contribution < 1.29 is 9.72 Å². The number of fused-ring (bicyclic) bond motifs is 1. The lowest BCUT2D eigenvalue weighted by atomic mass is 9.84. The molecule has 5 rings (SSSR count). The molecule has 2 heterocycles. The van der Waals surface area contributed by atoms with Gasteiger partial charge in [-0.15, -0.1) is 0 Å². The van der Waals surface area contributed by atoms with Crippen molar-refractivity contribution in [3.63, 3.8) is 0 Å². The zero-order chi connectivity index (χ0) is 23.8. The van der Waals surface area contributed by atoms with Crippen LogP contribution in [-0.2, 0) is 4.79 Å². The predicted octanol–water partition coefficient (Wildman–Crippen LogP) is 5.25. The molecule has 34 heavy (non-hydrogen) atoms. The van der Waals surface area contributed by atoms with E-state index in [1.165, 1.54) is 12.1 Å². The molecule has 1 aromatic heterocycles. The number of rotatable bonds is 4. The predicted molar refractivity (Wildman–Crippen MR) is 130 cm³/mol. The van der Waals surface area contributed by atoms with E-state index in [4.69, 9.17) is 0 Å². The van der Waals surface area contributed by atoms with Crippen molar-refractivity contribution in [2.45, 2.75) is 19.3 Å². The number of nitro benzene ring substituents is 1. The van der Waals surface area contributed by atoms with Gasteiger partial charge in [0.1, 0.15) is 0 Å². The Hall–Kier alpha value is -4.52. The van der Waals surface area contributed by atoms with E-state index in [9.17, 15) is 19.7 Å². The van der Waals surface area contributed by atoms with Crippen molar-refractivity contribution in [3.05, 3.63) is 128 Å². The van der Waals surface area contributed by atoms with Gasteiger partial charge in [0.15, 0.2) is 0 Å². The van der Waals surface area contributed by atoms with E-state index in [0.717, 1.165) is 5.69 Å². The number of anilines is 2. The highest BCUT2D eigenvalue weighted by atomic mass is 16.6. The first-order valence-corrected chi connectivity index (χ1v) is 10.9. The van der Waals surface area contributed by atoms with Gasteiger partial charge >= 0.3 is 0 Å². The van der Waals surface area contributed by atoms with Gasteiger partial charge in [0.2, 0.25) is 5.91 Å². The number of para-hydroxylation sites is 2. The van der Waals surface area contributed by atoms with Gasteiger partial charge in [-0.2, -0.15) is 0 Å². The molecule has 3 aromatic carbocycles. The topological polar surface area (TPSA) is 85.5 Å². The van der Waals surface area contributed by atoms with Gasteiger partial charge in [-0.05, 0) is 42.8 Å². The first kappa shape index (κ1) is 21.3. The Kier molecular flexibility index (Phi) is 5.30. The van der Waals surface area contributed by atoms with Gasteiger partial charge in [-0.1, -0.05) is 48.5 Å². The molecule has 1 aliphatic heterocycles. The minimum Gasteiger partial charge on any atom is -0.281 e. The average molecular weight is 451 g/mol. The summed E-state index contributed by atoms with van der Waals surface area (Å²) >= 11 is 0. The highest BCUT2D eigenvalue weighted by molar-refractivity contribution is 6.04. The van der Waals surface area contributed by atoms with Crippen LogP contribution in [0.5, 0.6) is 0 Å². The van der Waals surface area contributed by atoms with Gasteiger partial charge in [0.05, 0.1) is 16.2 Å². The maximum absolute atomic E-state index is 14.0. The maximum Gasteiger partial charge on any atom is 0.269 e. The minimum atomic E-state index is -0.522. The molecule has 0 saturated carbocycles. The molecule has 0 bridgehead atoms. The summed E-state index contributed by atoms with van der Waals surface area (Å²) in [7, 11) is 0. The van der Waals surface area contributed by atoms with Crippen molar-refractivity contribution in [3.8, 4) is 5.69 Å². The Bertz CT molecular complexity index is 1450. The lowest BCUT2D eigenvalue weighted by Gasteiger charge is -2.34. The molecule has 168 valence electrons. The van der Waals surface area contributed by atoms with Crippen molar-refractivity contribution >= 4 is 23.0 Å². The van der Waals surface area contributed by atoms with Crippen LogP contribution in [0.4, 0.5) is 17.1 Å². The minimum absolute atomic E-state index is 0.0392. The Labute approximate surface area is 195 Å². The van der Waals surface area contributed by atoms with Crippen LogP contribution in [0, 0.1) is 17.0 Å². The average Bonchev–Trinajstić information content (AvgIpc) is 2.84. The summed E-state index contributed by atoms with van der Waals surface area (Å²) in [5.41, 5.74) is 3.60. The molecule has 0 aliphatic carbocycles. The van der Waals surface area contributed by atoms with Crippen LogP contribution in [0.1, 0.15) is 29.2 Å². The Morgan fingerprint density at radius 1 is 0.853 bits per heavy atom. The Balaban J connectivity index is 1.76. The summed E-state index contributed by atoms with van der Waals surface area (Å²) < 4.78 is 1.65. The summed E-state index contributed by atoms with van der Waals surface area (Å²) in [6, 6.07) is 26.6. The fourth-order valence-electron chi connectivity index (χ4n) is 4.62. The van der Waals surface area contributed by atoms with Gasteiger partial charge in [-0.3, -0.25) is 29.2 Å². The zero-order valence-electron chi connectivity index (χ0n) is 18.4. The van der Waals surface area contributed by atoms with E-state index in [1.54, 1.807) is 21.6 Å². The van der Waals surface area contributed by atoms with E-state index in [-0.39, 0.29) is 23.6 Å². The number of hydrogen-bond donors (Lipinski definition) is 0. The number of nitro groups is 1. The van der Waals surface area contributed by atoms with Crippen LogP contribution in [0.2, 0.25) is 0 Å². The highest BCUT2D eigenvalue weighted by Gasteiger charge is 2.36. The van der Waals surface area contributed by atoms with E-state index < -0.39 is 10.8 Å². The molecule has 1 amide bonds. The summed E-state index contributed by atoms with van der Waals surface area (Å²) in [5.74, 6) is -0.662. The number of nitrogens with zero attached hydrogens (tertiary/aromatic N) is 3. The van der Waals surface area contributed by atoms with Gasteiger partial charge < -0.3 is 0 Å². The largest absolute Gasteiger partial charge is 0.281 e.